The molecule has 1 aromatic carbocycles. The number of aryl methyl sites for hydroxylation is 2. The van der Waals surface area contributed by atoms with Gasteiger partial charge in [-0.2, -0.15) is 0 Å². The number of nitrogens with zero attached hydrogens (tertiary/aromatic N) is 3. The zero-order valence-electron chi connectivity index (χ0n) is 16.1. The second-order valence-corrected chi connectivity index (χ2v) is 7.04. The molecule has 1 N–H and O–H groups in total. The van der Waals surface area contributed by atoms with Crippen LogP contribution in [-0.4, -0.2) is 59.0 Å². The number of hydrogen-bond acceptors (Lipinski definition) is 5. The van der Waals surface area contributed by atoms with Crippen molar-refractivity contribution in [3.8, 4) is 0 Å². The van der Waals surface area contributed by atoms with Crippen LogP contribution in [0.15, 0.2) is 34.9 Å². The number of aromatic nitrogens is 1. The van der Waals surface area contributed by atoms with Gasteiger partial charge in [0.1, 0.15) is 5.76 Å². The maximum absolute atomic E-state index is 12.8. The van der Waals surface area contributed by atoms with Crippen molar-refractivity contribution >= 4 is 17.6 Å². The lowest BCUT2D eigenvalue weighted by atomic mass is 10.1. The van der Waals surface area contributed by atoms with Crippen LogP contribution in [0.4, 0.5) is 5.82 Å². The Labute approximate surface area is 159 Å². The van der Waals surface area contributed by atoms with E-state index in [0.717, 1.165) is 24.1 Å². The average molecular weight is 370 g/mol. The Balaban J connectivity index is 1.58. The highest BCUT2D eigenvalue weighted by Crippen LogP contribution is 2.14. The molecule has 3 rings (SSSR count). The first-order valence-electron chi connectivity index (χ1n) is 9.28. The standard InChI is InChI=1S/C20H26N4O3/c1-14-6-4-7-17(12-14)20(26)24-9-5-8-23(10-11-24)16(3)19(25)21-18-13-15(2)27-22-18/h4,6-7,12-13,16H,5,8-11H2,1-3H3,(H,21,22,25). The lowest BCUT2D eigenvalue weighted by Gasteiger charge is -2.26. The smallest absolute Gasteiger partial charge is 0.253 e. The lowest BCUT2D eigenvalue weighted by Crippen LogP contribution is -2.44. The van der Waals surface area contributed by atoms with Crippen LogP contribution in [-0.2, 0) is 4.79 Å². The van der Waals surface area contributed by atoms with Crippen molar-refractivity contribution in [2.24, 2.45) is 0 Å². The number of amides is 2. The predicted molar refractivity (Wildman–Crippen MR) is 103 cm³/mol. The number of rotatable bonds is 4. The second kappa shape index (κ2) is 8.35. The van der Waals surface area contributed by atoms with E-state index in [1.807, 2.05) is 43.0 Å². The molecule has 0 radical (unpaired) electrons. The molecule has 1 fully saturated rings. The Kier molecular flexibility index (Phi) is 5.91. The van der Waals surface area contributed by atoms with Crippen molar-refractivity contribution in [2.75, 3.05) is 31.5 Å². The number of benzene rings is 1. The molecule has 1 unspecified atom stereocenters. The van der Waals surface area contributed by atoms with Crippen LogP contribution in [0.2, 0.25) is 0 Å². The molecule has 1 aromatic heterocycles. The van der Waals surface area contributed by atoms with Gasteiger partial charge in [-0.1, -0.05) is 22.9 Å². The van der Waals surface area contributed by atoms with Crippen LogP contribution in [0.5, 0.6) is 0 Å². The third-order valence-electron chi connectivity index (χ3n) is 4.89. The van der Waals surface area contributed by atoms with Gasteiger partial charge in [-0.05, 0) is 39.3 Å². The van der Waals surface area contributed by atoms with E-state index in [1.165, 1.54) is 0 Å². The molecule has 0 aliphatic carbocycles. The zero-order chi connectivity index (χ0) is 19.4. The van der Waals surface area contributed by atoms with E-state index in [1.54, 1.807) is 13.0 Å². The fraction of sp³-hybridized carbons (Fsp3) is 0.450. The van der Waals surface area contributed by atoms with Gasteiger partial charge in [0.2, 0.25) is 5.91 Å². The molecule has 1 atom stereocenters. The van der Waals surface area contributed by atoms with Gasteiger partial charge in [0.15, 0.2) is 5.82 Å². The summed E-state index contributed by atoms with van der Waals surface area (Å²) in [5.41, 5.74) is 1.79. The molecule has 7 heteroatoms. The highest BCUT2D eigenvalue weighted by molar-refractivity contribution is 5.95. The minimum atomic E-state index is -0.309. The van der Waals surface area contributed by atoms with Crippen molar-refractivity contribution in [2.45, 2.75) is 33.2 Å². The largest absolute Gasteiger partial charge is 0.360 e. The maximum atomic E-state index is 12.8. The molecule has 1 aliphatic rings. The molecule has 27 heavy (non-hydrogen) atoms. The second-order valence-electron chi connectivity index (χ2n) is 7.04. The van der Waals surface area contributed by atoms with Crippen molar-refractivity contribution in [1.29, 1.82) is 0 Å². The van der Waals surface area contributed by atoms with E-state index in [-0.39, 0.29) is 17.9 Å². The summed E-state index contributed by atoms with van der Waals surface area (Å²) in [5, 5.41) is 6.58. The average Bonchev–Trinajstić information content (AvgIpc) is 2.91. The van der Waals surface area contributed by atoms with E-state index in [9.17, 15) is 9.59 Å². The minimum absolute atomic E-state index is 0.0516. The fourth-order valence-corrected chi connectivity index (χ4v) is 3.31. The summed E-state index contributed by atoms with van der Waals surface area (Å²) in [4.78, 5) is 29.2. The first-order valence-corrected chi connectivity index (χ1v) is 9.28. The summed E-state index contributed by atoms with van der Waals surface area (Å²) >= 11 is 0. The summed E-state index contributed by atoms with van der Waals surface area (Å²) in [5.74, 6) is 1.01. The first kappa shape index (κ1) is 19.1. The molecule has 1 saturated heterocycles. The van der Waals surface area contributed by atoms with Crippen molar-refractivity contribution < 1.29 is 14.1 Å². The summed E-state index contributed by atoms with van der Waals surface area (Å²) in [6.45, 7) is 8.36. The topological polar surface area (TPSA) is 78.7 Å². The van der Waals surface area contributed by atoms with Crippen molar-refractivity contribution in [1.82, 2.24) is 15.0 Å². The number of hydrogen-bond donors (Lipinski definition) is 1. The van der Waals surface area contributed by atoms with Gasteiger partial charge in [-0.25, -0.2) is 0 Å². The van der Waals surface area contributed by atoms with Gasteiger partial charge in [0.25, 0.3) is 5.91 Å². The van der Waals surface area contributed by atoms with E-state index >= 15 is 0 Å². The summed E-state index contributed by atoms with van der Waals surface area (Å²) < 4.78 is 4.98. The van der Waals surface area contributed by atoms with Gasteiger partial charge in [0, 0.05) is 37.8 Å². The molecule has 0 spiro atoms. The molecule has 7 nitrogen and oxygen atoms in total. The third kappa shape index (κ3) is 4.74. The van der Waals surface area contributed by atoms with Crippen LogP contribution >= 0.6 is 0 Å². The molecule has 144 valence electrons. The van der Waals surface area contributed by atoms with Gasteiger partial charge in [-0.15, -0.1) is 0 Å². The number of nitrogens with one attached hydrogen (secondary N) is 1. The Morgan fingerprint density at radius 2 is 1.96 bits per heavy atom. The first-order chi connectivity index (χ1) is 12.9. The molecular weight excluding hydrogens is 344 g/mol. The fourth-order valence-electron chi connectivity index (χ4n) is 3.31. The van der Waals surface area contributed by atoms with Crippen LogP contribution in [0.25, 0.3) is 0 Å². The summed E-state index contributed by atoms with van der Waals surface area (Å²) in [6, 6.07) is 9.04. The summed E-state index contributed by atoms with van der Waals surface area (Å²) in [6.07, 6.45) is 0.832. The quantitative estimate of drug-likeness (QED) is 0.894. The lowest BCUT2D eigenvalue weighted by molar-refractivity contribution is -0.120. The molecule has 0 bridgehead atoms. The molecule has 1 aliphatic heterocycles. The molecular formula is C20H26N4O3. The monoisotopic (exact) mass is 370 g/mol. The van der Waals surface area contributed by atoms with Gasteiger partial charge in [0.05, 0.1) is 6.04 Å². The molecule has 2 aromatic rings. The molecule has 0 saturated carbocycles. The van der Waals surface area contributed by atoms with Gasteiger partial charge < -0.3 is 14.7 Å². The Bertz CT molecular complexity index is 817. The third-order valence-corrected chi connectivity index (χ3v) is 4.89. The predicted octanol–water partition coefficient (Wildman–Crippen LogP) is 2.47. The van der Waals surface area contributed by atoms with E-state index in [4.69, 9.17) is 4.52 Å². The van der Waals surface area contributed by atoms with Crippen molar-refractivity contribution in [3.63, 3.8) is 0 Å². The minimum Gasteiger partial charge on any atom is -0.360 e. The van der Waals surface area contributed by atoms with E-state index in [2.05, 4.69) is 15.4 Å². The normalized spacial score (nSPS) is 16.6. The highest BCUT2D eigenvalue weighted by Gasteiger charge is 2.26. The van der Waals surface area contributed by atoms with Gasteiger partial charge >= 0.3 is 0 Å². The molecule has 2 amide bonds. The SMILES string of the molecule is Cc1cccc(C(=O)N2CCCN(C(C)C(=O)Nc3cc(C)on3)CC2)c1. The van der Waals surface area contributed by atoms with Crippen LogP contribution in [0, 0.1) is 13.8 Å². The highest BCUT2D eigenvalue weighted by atomic mass is 16.5. The van der Waals surface area contributed by atoms with Gasteiger partial charge in [-0.3, -0.25) is 14.5 Å². The maximum Gasteiger partial charge on any atom is 0.253 e. The Morgan fingerprint density at radius 3 is 2.67 bits per heavy atom. The zero-order valence-corrected chi connectivity index (χ0v) is 16.1. The summed E-state index contributed by atoms with van der Waals surface area (Å²) in [7, 11) is 0. The number of carbonyl (C=O) groups excluding carboxylic acids is 2. The molecule has 2 heterocycles. The number of carbonyl (C=O) groups is 2. The van der Waals surface area contributed by atoms with E-state index in [0.29, 0.717) is 31.2 Å². The van der Waals surface area contributed by atoms with E-state index < -0.39 is 0 Å². The Hall–Kier alpha value is -2.67. The number of anilines is 1. The Morgan fingerprint density at radius 1 is 1.15 bits per heavy atom. The van der Waals surface area contributed by atoms with Crippen LogP contribution < -0.4 is 5.32 Å². The van der Waals surface area contributed by atoms with Crippen LogP contribution in [0.1, 0.15) is 35.0 Å². The van der Waals surface area contributed by atoms with Crippen LogP contribution in [0.3, 0.4) is 0 Å². The van der Waals surface area contributed by atoms with Crippen molar-refractivity contribution in [3.05, 3.63) is 47.2 Å².